The number of anilines is 1. The first-order chi connectivity index (χ1) is 10.4. The van der Waals surface area contributed by atoms with Crippen molar-refractivity contribution in [3.05, 3.63) is 60.2 Å². The molecule has 0 radical (unpaired) electrons. The van der Waals surface area contributed by atoms with Crippen molar-refractivity contribution < 1.29 is 23.1 Å². The summed E-state index contributed by atoms with van der Waals surface area (Å²) < 4.78 is 25.7. The number of benzene rings is 2. The third kappa shape index (κ3) is 3.61. The number of rotatable bonds is 4. The second kappa shape index (κ2) is 6.27. The van der Waals surface area contributed by atoms with Crippen LogP contribution in [0.2, 0.25) is 0 Å². The summed E-state index contributed by atoms with van der Waals surface area (Å²) in [7, 11) is -4.02. The predicted molar refractivity (Wildman–Crippen MR) is 79.2 cm³/mol. The highest BCUT2D eigenvalue weighted by Gasteiger charge is 2.18. The quantitative estimate of drug-likeness (QED) is 0.796. The van der Waals surface area contributed by atoms with E-state index in [0.717, 1.165) is 0 Å². The molecule has 0 aliphatic carbocycles. The lowest BCUT2D eigenvalue weighted by atomic mass is 10.2. The molecule has 0 spiro atoms. The number of hydrogen-bond donors (Lipinski definition) is 3. The van der Waals surface area contributed by atoms with E-state index in [1.807, 2.05) is 4.72 Å². The number of para-hydroxylation sites is 1. The van der Waals surface area contributed by atoms with Crippen LogP contribution >= 0.6 is 0 Å². The molecule has 2 aromatic rings. The van der Waals surface area contributed by atoms with Crippen molar-refractivity contribution in [2.24, 2.45) is 0 Å². The molecule has 2 aromatic carbocycles. The number of urea groups is 1. The lowest BCUT2D eigenvalue weighted by molar-refractivity contribution is 0.0698. The SMILES string of the molecule is O=C(Nc1ccccc1C(=O)O)NS(=O)(=O)c1ccccc1. The average molecular weight is 320 g/mol. The summed E-state index contributed by atoms with van der Waals surface area (Å²) >= 11 is 0. The van der Waals surface area contributed by atoms with Crippen LogP contribution in [0.4, 0.5) is 10.5 Å². The van der Waals surface area contributed by atoms with Crippen LogP contribution < -0.4 is 10.0 Å². The van der Waals surface area contributed by atoms with Gasteiger partial charge >= 0.3 is 12.0 Å². The number of carboxylic acids is 1. The summed E-state index contributed by atoms with van der Waals surface area (Å²) in [6, 6.07) is 12.0. The van der Waals surface area contributed by atoms with E-state index < -0.39 is 22.0 Å². The molecule has 0 saturated heterocycles. The van der Waals surface area contributed by atoms with E-state index in [0.29, 0.717) is 0 Å². The van der Waals surface area contributed by atoms with Gasteiger partial charge in [-0.1, -0.05) is 30.3 Å². The Morgan fingerprint density at radius 3 is 2.14 bits per heavy atom. The zero-order valence-electron chi connectivity index (χ0n) is 11.2. The van der Waals surface area contributed by atoms with E-state index in [1.54, 1.807) is 6.07 Å². The first-order valence-corrected chi connectivity index (χ1v) is 7.59. The number of sulfonamides is 1. The minimum absolute atomic E-state index is 0.00392. The molecule has 3 N–H and O–H groups in total. The van der Waals surface area contributed by atoms with Gasteiger partial charge in [-0.05, 0) is 24.3 Å². The molecule has 0 bridgehead atoms. The molecule has 0 unspecified atom stereocenters. The van der Waals surface area contributed by atoms with Crippen LogP contribution in [0.3, 0.4) is 0 Å². The molecule has 7 nitrogen and oxygen atoms in total. The number of carbonyl (C=O) groups is 2. The summed E-state index contributed by atoms with van der Waals surface area (Å²) in [6.45, 7) is 0. The number of carboxylic acid groups (broad SMARTS) is 1. The molecule has 0 heterocycles. The first-order valence-electron chi connectivity index (χ1n) is 6.11. The van der Waals surface area contributed by atoms with Gasteiger partial charge in [-0.15, -0.1) is 0 Å². The smallest absolute Gasteiger partial charge is 0.337 e. The zero-order chi connectivity index (χ0) is 16.2. The van der Waals surface area contributed by atoms with Crippen molar-refractivity contribution in [3.8, 4) is 0 Å². The Hall–Kier alpha value is -2.87. The number of amides is 2. The maximum atomic E-state index is 12.0. The fourth-order valence-corrected chi connectivity index (χ4v) is 2.64. The third-order valence-corrected chi connectivity index (χ3v) is 4.03. The van der Waals surface area contributed by atoms with Crippen molar-refractivity contribution in [1.82, 2.24) is 4.72 Å². The van der Waals surface area contributed by atoms with Crippen molar-refractivity contribution in [1.29, 1.82) is 0 Å². The molecule has 0 atom stereocenters. The molecule has 8 heteroatoms. The maximum Gasteiger partial charge on any atom is 0.337 e. The van der Waals surface area contributed by atoms with E-state index in [4.69, 9.17) is 5.11 Å². The monoisotopic (exact) mass is 320 g/mol. The van der Waals surface area contributed by atoms with Gasteiger partial charge in [0, 0.05) is 0 Å². The first kappa shape index (κ1) is 15.5. The average Bonchev–Trinajstić information content (AvgIpc) is 2.48. The van der Waals surface area contributed by atoms with Crippen LogP contribution in [0.15, 0.2) is 59.5 Å². The lowest BCUT2D eigenvalue weighted by Gasteiger charge is -2.10. The molecule has 0 aliphatic rings. The highest BCUT2D eigenvalue weighted by atomic mass is 32.2. The largest absolute Gasteiger partial charge is 0.478 e. The van der Waals surface area contributed by atoms with Crippen LogP contribution in [0, 0.1) is 0 Å². The molecule has 2 rings (SSSR count). The third-order valence-electron chi connectivity index (χ3n) is 2.69. The number of hydrogen-bond acceptors (Lipinski definition) is 4. The van der Waals surface area contributed by atoms with Gasteiger partial charge < -0.3 is 10.4 Å². The standard InChI is InChI=1S/C14H12N2O5S/c17-13(18)11-8-4-5-9-12(11)15-14(19)16-22(20,21)10-6-2-1-3-7-10/h1-9H,(H,17,18)(H2,15,16,19). The van der Waals surface area contributed by atoms with E-state index in [9.17, 15) is 18.0 Å². The van der Waals surface area contributed by atoms with Crippen LogP contribution in [-0.4, -0.2) is 25.5 Å². The van der Waals surface area contributed by atoms with Gasteiger partial charge in [-0.3, -0.25) is 0 Å². The minimum Gasteiger partial charge on any atom is -0.478 e. The Labute approximate surface area is 126 Å². The van der Waals surface area contributed by atoms with Crippen molar-refractivity contribution in [3.63, 3.8) is 0 Å². The zero-order valence-corrected chi connectivity index (χ0v) is 12.0. The van der Waals surface area contributed by atoms with Crippen LogP contribution in [0.1, 0.15) is 10.4 Å². The normalized spacial score (nSPS) is 10.7. The molecule has 0 saturated carbocycles. The second-order valence-corrected chi connectivity index (χ2v) is 5.91. The Morgan fingerprint density at radius 1 is 0.909 bits per heavy atom. The second-order valence-electron chi connectivity index (χ2n) is 4.22. The lowest BCUT2D eigenvalue weighted by Crippen LogP contribution is -2.34. The van der Waals surface area contributed by atoms with Gasteiger partial charge in [0.05, 0.1) is 16.1 Å². The molecule has 114 valence electrons. The number of nitrogens with one attached hydrogen (secondary N) is 2. The van der Waals surface area contributed by atoms with Crippen molar-refractivity contribution in [2.75, 3.05) is 5.32 Å². The predicted octanol–water partition coefficient (Wildman–Crippen LogP) is 1.90. The molecule has 0 aromatic heterocycles. The molecule has 2 amide bonds. The summed E-state index contributed by atoms with van der Waals surface area (Å²) in [5.41, 5.74) is -0.148. The molecule has 22 heavy (non-hydrogen) atoms. The highest BCUT2D eigenvalue weighted by Crippen LogP contribution is 2.15. The van der Waals surface area contributed by atoms with Crippen molar-refractivity contribution >= 4 is 27.7 Å². The minimum atomic E-state index is -4.02. The molecule has 0 aliphatic heterocycles. The summed E-state index contributed by atoms with van der Waals surface area (Å²) in [5, 5.41) is 11.2. The fourth-order valence-electron chi connectivity index (χ4n) is 1.71. The van der Waals surface area contributed by atoms with Gasteiger partial charge in [0.1, 0.15) is 0 Å². The van der Waals surface area contributed by atoms with Gasteiger partial charge in [-0.25, -0.2) is 22.7 Å². The van der Waals surface area contributed by atoms with Gasteiger partial charge in [-0.2, -0.15) is 0 Å². The Balaban J connectivity index is 2.16. The summed E-state index contributed by atoms with van der Waals surface area (Å²) in [4.78, 5) is 22.7. The topological polar surface area (TPSA) is 113 Å². The highest BCUT2D eigenvalue weighted by molar-refractivity contribution is 7.90. The molecular formula is C14H12N2O5S. The maximum absolute atomic E-state index is 12.0. The van der Waals surface area contributed by atoms with Crippen LogP contribution in [0.5, 0.6) is 0 Å². The number of carbonyl (C=O) groups excluding carboxylic acids is 1. The Bertz CT molecular complexity index is 803. The Morgan fingerprint density at radius 2 is 1.50 bits per heavy atom. The summed E-state index contributed by atoms with van der Waals surface area (Å²) in [5.74, 6) is -1.23. The van der Waals surface area contributed by atoms with Gasteiger partial charge in [0.25, 0.3) is 10.0 Å². The molecule has 0 fully saturated rings. The van der Waals surface area contributed by atoms with Crippen LogP contribution in [0.25, 0.3) is 0 Å². The summed E-state index contributed by atoms with van der Waals surface area (Å²) in [6.07, 6.45) is 0. The molecular weight excluding hydrogens is 308 g/mol. The van der Waals surface area contributed by atoms with E-state index in [1.165, 1.54) is 48.5 Å². The van der Waals surface area contributed by atoms with Crippen LogP contribution in [-0.2, 0) is 10.0 Å². The van der Waals surface area contributed by atoms with Gasteiger partial charge in [0.15, 0.2) is 0 Å². The van der Waals surface area contributed by atoms with E-state index in [2.05, 4.69) is 5.32 Å². The van der Waals surface area contributed by atoms with Gasteiger partial charge in [0.2, 0.25) is 0 Å². The fraction of sp³-hybridized carbons (Fsp3) is 0. The number of aromatic carboxylic acids is 1. The van der Waals surface area contributed by atoms with Crippen molar-refractivity contribution in [2.45, 2.75) is 4.90 Å². The Kier molecular flexibility index (Phi) is 4.42. The van der Waals surface area contributed by atoms with E-state index in [-0.39, 0.29) is 16.1 Å². The van der Waals surface area contributed by atoms with E-state index >= 15 is 0 Å².